The van der Waals surface area contributed by atoms with E-state index in [0.717, 1.165) is 40.0 Å². The molecule has 0 amide bonds. The second kappa shape index (κ2) is 8.26. The number of hydrogen-bond acceptors (Lipinski definition) is 5. The number of benzene rings is 2. The molecule has 160 valence electrons. The Morgan fingerprint density at radius 2 is 1.81 bits per heavy atom. The maximum atomic E-state index is 12.6. The molecule has 0 unspecified atom stereocenters. The number of rotatable bonds is 7. The Hall–Kier alpha value is -3.61. The second-order valence-corrected chi connectivity index (χ2v) is 7.52. The summed E-state index contributed by atoms with van der Waals surface area (Å²) in [4.78, 5) is 17.2. The van der Waals surface area contributed by atoms with E-state index in [9.17, 15) is 4.79 Å². The number of Topliss-reactive ketones (excluding diaryl/α,β-unsaturated/α-hetero) is 1. The van der Waals surface area contributed by atoms with Gasteiger partial charge in [-0.1, -0.05) is 13.0 Å². The third-order valence-electron chi connectivity index (χ3n) is 5.40. The van der Waals surface area contributed by atoms with E-state index < -0.39 is 0 Å². The molecule has 2 aromatic heterocycles. The average Bonchev–Trinajstić information content (AvgIpc) is 3.34. The van der Waals surface area contributed by atoms with Crippen LogP contribution in [0.2, 0.25) is 0 Å². The SMILES string of the molecule is CCCC(=O)c1c(OC)cc(-n2cnc3cc(-c4cn(C)nc4C)ccc32)cc1OC. The van der Waals surface area contributed by atoms with E-state index in [0.29, 0.717) is 23.5 Å². The van der Waals surface area contributed by atoms with Crippen molar-refractivity contribution in [3.8, 4) is 28.3 Å². The molecular formula is C24H26N4O3. The van der Waals surface area contributed by atoms with Crippen LogP contribution >= 0.6 is 0 Å². The summed E-state index contributed by atoms with van der Waals surface area (Å²) < 4.78 is 14.9. The molecule has 0 aliphatic carbocycles. The third-order valence-corrected chi connectivity index (χ3v) is 5.40. The highest BCUT2D eigenvalue weighted by Gasteiger charge is 2.20. The lowest BCUT2D eigenvalue weighted by Gasteiger charge is -2.15. The van der Waals surface area contributed by atoms with Gasteiger partial charge in [-0.05, 0) is 31.0 Å². The fourth-order valence-corrected chi connectivity index (χ4v) is 3.93. The smallest absolute Gasteiger partial charge is 0.170 e. The van der Waals surface area contributed by atoms with Crippen LogP contribution in [0.5, 0.6) is 11.5 Å². The first-order chi connectivity index (χ1) is 15.0. The first-order valence-electron chi connectivity index (χ1n) is 10.2. The Balaban J connectivity index is 1.81. The van der Waals surface area contributed by atoms with Gasteiger partial charge in [0.25, 0.3) is 0 Å². The topological polar surface area (TPSA) is 71.2 Å². The van der Waals surface area contributed by atoms with Crippen molar-refractivity contribution in [2.75, 3.05) is 14.2 Å². The highest BCUT2D eigenvalue weighted by molar-refractivity contribution is 6.01. The van der Waals surface area contributed by atoms with Gasteiger partial charge in [-0.2, -0.15) is 5.10 Å². The Kier molecular flexibility index (Phi) is 5.50. The van der Waals surface area contributed by atoms with Gasteiger partial charge in [-0.15, -0.1) is 0 Å². The zero-order valence-corrected chi connectivity index (χ0v) is 18.5. The van der Waals surface area contributed by atoms with Crippen LogP contribution in [0.1, 0.15) is 35.8 Å². The average molecular weight is 418 g/mol. The summed E-state index contributed by atoms with van der Waals surface area (Å²) in [5.41, 5.74) is 6.24. The van der Waals surface area contributed by atoms with E-state index in [1.807, 2.05) is 54.5 Å². The van der Waals surface area contributed by atoms with Crippen LogP contribution in [0.3, 0.4) is 0 Å². The zero-order valence-electron chi connectivity index (χ0n) is 18.5. The van der Waals surface area contributed by atoms with Gasteiger partial charge < -0.3 is 9.47 Å². The van der Waals surface area contributed by atoms with Crippen molar-refractivity contribution in [1.29, 1.82) is 0 Å². The molecule has 0 saturated heterocycles. The minimum Gasteiger partial charge on any atom is -0.496 e. The van der Waals surface area contributed by atoms with Gasteiger partial charge in [0.15, 0.2) is 5.78 Å². The van der Waals surface area contributed by atoms with Crippen molar-refractivity contribution in [3.05, 3.63) is 54.1 Å². The van der Waals surface area contributed by atoms with Crippen molar-refractivity contribution in [1.82, 2.24) is 19.3 Å². The fourth-order valence-electron chi connectivity index (χ4n) is 3.93. The summed E-state index contributed by atoms with van der Waals surface area (Å²) in [5, 5.41) is 4.43. The van der Waals surface area contributed by atoms with Crippen LogP contribution in [-0.2, 0) is 7.05 Å². The van der Waals surface area contributed by atoms with Crippen LogP contribution in [0.4, 0.5) is 0 Å². The molecule has 2 heterocycles. The van der Waals surface area contributed by atoms with Gasteiger partial charge in [0.05, 0.1) is 36.6 Å². The van der Waals surface area contributed by atoms with Crippen molar-refractivity contribution < 1.29 is 14.3 Å². The molecule has 7 heteroatoms. The molecule has 0 spiro atoms. The molecule has 0 aliphatic heterocycles. The Bertz CT molecular complexity index is 1240. The first kappa shape index (κ1) is 20.7. The molecule has 4 aromatic rings. The maximum Gasteiger partial charge on any atom is 0.170 e. The zero-order chi connectivity index (χ0) is 22.1. The van der Waals surface area contributed by atoms with Crippen LogP contribution in [-0.4, -0.2) is 39.3 Å². The lowest BCUT2D eigenvalue weighted by atomic mass is 10.0. The number of nitrogens with zero attached hydrogens (tertiary/aromatic N) is 4. The van der Waals surface area contributed by atoms with E-state index in [2.05, 4.69) is 22.2 Å². The van der Waals surface area contributed by atoms with Crippen LogP contribution in [0.25, 0.3) is 27.8 Å². The van der Waals surface area contributed by atoms with E-state index in [-0.39, 0.29) is 5.78 Å². The molecule has 0 radical (unpaired) electrons. The number of aromatic nitrogens is 4. The number of imidazole rings is 1. The maximum absolute atomic E-state index is 12.6. The second-order valence-electron chi connectivity index (χ2n) is 7.52. The highest BCUT2D eigenvalue weighted by Crippen LogP contribution is 2.35. The number of methoxy groups -OCH3 is 2. The van der Waals surface area contributed by atoms with Crippen molar-refractivity contribution in [3.63, 3.8) is 0 Å². The molecule has 31 heavy (non-hydrogen) atoms. The molecule has 0 saturated carbocycles. The minimum atomic E-state index is 0.00900. The van der Waals surface area contributed by atoms with Crippen molar-refractivity contribution >= 4 is 16.8 Å². The van der Waals surface area contributed by atoms with Gasteiger partial charge in [0, 0.05) is 37.4 Å². The fraction of sp³-hybridized carbons (Fsp3) is 0.292. The van der Waals surface area contributed by atoms with E-state index in [1.165, 1.54) is 0 Å². The number of carbonyl (C=O) groups excluding carboxylic acids is 1. The molecule has 0 fully saturated rings. The normalized spacial score (nSPS) is 11.1. The van der Waals surface area contributed by atoms with Gasteiger partial charge in [-0.25, -0.2) is 4.98 Å². The molecule has 0 aliphatic rings. The van der Waals surface area contributed by atoms with Crippen molar-refractivity contribution in [2.45, 2.75) is 26.7 Å². The van der Waals surface area contributed by atoms with E-state index in [1.54, 1.807) is 20.5 Å². The highest BCUT2D eigenvalue weighted by atomic mass is 16.5. The van der Waals surface area contributed by atoms with Crippen molar-refractivity contribution in [2.24, 2.45) is 7.05 Å². The molecule has 4 rings (SSSR count). The van der Waals surface area contributed by atoms with Gasteiger partial charge in [-0.3, -0.25) is 14.0 Å². The molecule has 0 bridgehead atoms. The molecular weight excluding hydrogens is 392 g/mol. The largest absolute Gasteiger partial charge is 0.496 e. The summed E-state index contributed by atoms with van der Waals surface area (Å²) in [7, 11) is 5.05. The quantitative estimate of drug-likeness (QED) is 0.406. The number of carbonyl (C=O) groups is 1. The lowest BCUT2D eigenvalue weighted by Crippen LogP contribution is -2.06. The summed E-state index contributed by atoms with van der Waals surface area (Å²) in [6.45, 7) is 3.97. The van der Waals surface area contributed by atoms with Gasteiger partial charge in [0.2, 0.25) is 0 Å². The molecule has 0 atom stereocenters. The number of ketones is 1. The van der Waals surface area contributed by atoms with E-state index in [4.69, 9.17) is 9.47 Å². The number of aryl methyl sites for hydroxylation is 2. The van der Waals surface area contributed by atoms with Crippen LogP contribution in [0.15, 0.2) is 42.9 Å². The predicted molar refractivity (Wildman–Crippen MR) is 120 cm³/mol. The third kappa shape index (κ3) is 3.67. The Morgan fingerprint density at radius 3 is 2.39 bits per heavy atom. The molecule has 7 nitrogen and oxygen atoms in total. The number of ether oxygens (including phenoxy) is 2. The summed E-state index contributed by atoms with van der Waals surface area (Å²) in [6, 6.07) is 9.87. The minimum absolute atomic E-state index is 0.00900. The van der Waals surface area contributed by atoms with Crippen LogP contribution < -0.4 is 9.47 Å². The number of hydrogen-bond donors (Lipinski definition) is 0. The first-order valence-corrected chi connectivity index (χ1v) is 10.2. The predicted octanol–water partition coefficient (Wildman–Crippen LogP) is 4.73. The standard InChI is InChI=1S/C24H26N4O3/c1-6-7-21(29)24-22(30-4)11-17(12-23(24)31-5)28-14-25-19-10-16(8-9-20(19)28)18-13-27(3)26-15(18)2/h8-14H,6-7H2,1-5H3. The summed E-state index contributed by atoms with van der Waals surface area (Å²) in [5.74, 6) is 1.00. The van der Waals surface area contributed by atoms with E-state index >= 15 is 0 Å². The Labute approximate surface area is 181 Å². The molecule has 0 N–H and O–H groups in total. The van der Waals surface area contributed by atoms with Gasteiger partial charge in [0.1, 0.15) is 23.4 Å². The Morgan fingerprint density at radius 1 is 1.10 bits per heavy atom. The summed E-state index contributed by atoms with van der Waals surface area (Å²) >= 11 is 0. The van der Waals surface area contributed by atoms with Crippen LogP contribution in [0, 0.1) is 6.92 Å². The lowest BCUT2D eigenvalue weighted by molar-refractivity contribution is 0.0975. The monoisotopic (exact) mass is 418 g/mol. The van der Waals surface area contributed by atoms with Gasteiger partial charge >= 0.3 is 0 Å². The number of fused-ring (bicyclic) bond motifs is 1. The summed E-state index contributed by atoms with van der Waals surface area (Å²) in [6.07, 6.45) is 4.98. The molecule has 2 aromatic carbocycles.